The van der Waals surface area contributed by atoms with Crippen molar-refractivity contribution in [1.29, 1.82) is 0 Å². The van der Waals surface area contributed by atoms with Gasteiger partial charge in [-0.25, -0.2) is 4.79 Å². The Morgan fingerprint density at radius 3 is 2.58 bits per heavy atom. The van der Waals surface area contributed by atoms with E-state index in [1.165, 1.54) is 37.7 Å². The van der Waals surface area contributed by atoms with Crippen LogP contribution in [0.1, 0.15) is 63.0 Å². The smallest absolute Gasteiger partial charge is 0.409 e. The zero-order chi connectivity index (χ0) is 23.0. The van der Waals surface area contributed by atoms with E-state index in [0.717, 1.165) is 43.3 Å². The molecule has 3 aliphatic rings. The maximum absolute atomic E-state index is 13.0. The highest BCUT2D eigenvalue weighted by molar-refractivity contribution is 5.76. The predicted octanol–water partition coefficient (Wildman–Crippen LogP) is 4.04. The van der Waals surface area contributed by atoms with Gasteiger partial charge in [-0.2, -0.15) is 0 Å². The van der Waals surface area contributed by atoms with Gasteiger partial charge in [-0.15, -0.1) is 0 Å². The molecule has 2 amide bonds. The number of nitrogens with zero attached hydrogens (tertiary/aromatic N) is 3. The lowest BCUT2D eigenvalue weighted by Gasteiger charge is -2.34. The number of carbonyl (C=O) groups excluding carboxylic acids is 2. The van der Waals surface area contributed by atoms with Crippen LogP contribution < -0.4 is 4.74 Å². The van der Waals surface area contributed by atoms with Crippen LogP contribution in [-0.4, -0.2) is 72.6 Å². The Balaban J connectivity index is 1.30. The Kier molecular flexibility index (Phi) is 8.48. The molecule has 0 aromatic heterocycles. The monoisotopic (exact) mass is 457 g/mol. The number of benzene rings is 1. The summed E-state index contributed by atoms with van der Waals surface area (Å²) in [5.41, 5.74) is 2.32. The third-order valence-electron chi connectivity index (χ3n) is 7.25. The first-order valence-electron chi connectivity index (χ1n) is 12.8. The second-order valence-electron chi connectivity index (χ2n) is 9.61. The van der Waals surface area contributed by atoms with E-state index in [1.807, 2.05) is 11.8 Å². The number of carbonyl (C=O) groups is 2. The second kappa shape index (κ2) is 11.7. The first-order chi connectivity index (χ1) is 16.1. The summed E-state index contributed by atoms with van der Waals surface area (Å²) in [5, 5.41) is 0. The standard InChI is InChI=1S/C26H39N3O4/c1-2-32-26(31)28-14-12-27(13-15-28)19-22-8-10-24-23(18-22)20-29(16-17-33-24)25(30)11-9-21-6-4-3-5-7-21/h8,10,18,21H,2-7,9,11-17,19-20H2,1H3. The van der Waals surface area contributed by atoms with Crippen molar-refractivity contribution < 1.29 is 19.1 Å². The number of fused-ring (bicyclic) bond motifs is 1. The van der Waals surface area contributed by atoms with Gasteiger partial charge in [0.15, 0.2) is 0 Å². The maximum atomic E-state index is 13.0. The highest BCUT2D eigenvalue weighted by Gasteiger charge is 2.24. The Morgan fingerprint density at radius 1 is 1.03 bits per heavy atom. The van der Waals surface area contributed by atoms with E-state index in [-0.39, 0.29) is 12.0 Å². The van der Waals surface area contributed by atoms with Crippen LogP contribution in [0.15, 0.2) is 18.2 Å². The van der Waals surface area contributed by atoms with Gasteiger partial charge < -0.3 is 19.3 Å². The Bertz CT molecular complexity index is 801. The largest absolute Gasteiger partial charge is 0.491 e. The molecule has 1 saturated heterocycles. The average molecular weight is 458 g/mol. The van der Waals surface area contributed by atoms with Crippen molar-refractivity contribution in [3.8, 4) is 5.75 Å². The van der Waals surface area contributed by atoms with Crippen LogP contribution in [0.3, 0.4) is 0 Å². The van der Waals surface area contributed by atoms with Crippen molar-refractivity contribution in [1.82, 2.24) is 14.7 Å². The molecule has 2 heterocycles. The minimum Gasteiger partial charge on any atom is -0.491 e. The van der Waals surface area contributed by atoms with Gasteiger partial charge >= 0.3 is 6.09 Å². The molecule has 2 fully saturated rings. The summed E-state index contributed by atoms with van der Waals surface area (Å²) in [7, 11) is 0. The van der Waals surface area contributed by atoms with Crippen LogP contribution in [-0.2, 0) is 22.6 Å². The lowest BCUT2D eigenvalue weighted by atomic mass is 9.86. The second-order valence-corrected chi connectivity index (χ2v) is 9.61. The fraction of sp³-hybridized carbons (Fsp3) is 0.692. The van der Waals surface area contributed by atoms with Crippen LogP contribution in [0.5, 0.6) is 5.75 Å². The lowest BCUT2D eigenvalue weighted by Crippen LogP contribution is -2.48. The number of hydrogen-bond donors (Lipinski definition) is 0. The highest BCUT2D eigenvalue weighted by atomic mass is 16.6. The molecule has 0 N–H and O–H groups in total. The highest BCUT2D eigenvalue weighted by Crippen LogP contribution is 2.29. The van der Waals surface area contributed by atoms with E-state index in [0.29, 0.717) is 45.8 Å². The van der Waals surface area contributed by atoms with E-state index in [2.05, 4.69) is 23.1 Å². The number of rotatable bonds is 6. The summed E-state index contributed by atoms with van der Waals surface area (Å²) in [6.45, 7) is 7.96. The first kappa shape index (κ1) is 23.9. The number of piperazine rings is 1. The topological polar surface area (TPSA) is 62.3 Å². The van der Waals surface area contributed by atoms with Gasteiger partial charge in [0.2, 0.25) is 5.91 Å². The van der Waals surface area contributed by atoms with Crippen molar-refractivity contribution >= 4 is 12.0 Å². The van der Waals surface area contributed by atoms with Gasteiger partial charge in [0.25, 0.3) is 0 Å². The molecule has 7 heteroatoms. The van der Waals surface area contributed by atoms with E-state index in [9.17, 15) is 9.59 Å². The molecule has 1 aromatic rings. The molecular weight excluding hydrogens is 418 g/mol. The molecule has 1 aromatic carbocycles. The minimum absolute atomic E-state index is 0.215. The van der Waals surface area contributed by atoms with Gasteiger partial charge in [-0.3, -0.25) is 9.69 Å². The van der Waals surface area contributed by atoms with Gasteiger partial charge in [0, 0.05) is 51.3 Å². The zero-order valence-corrected chi connectivity index (χ0v) is 20.1. The summed E-state index contributed by atoms with van der Waals surface area (Å²) in [6.07, 6.45) is 8.05. The molecule has 0 bridgehead atoms. The third kappa shape index (κ3) is 6.62. The van der Waals surface area contributed by atoms with E-state index in [1.54, 1.807) is 4.90 Å². The molecule has 1 saturated carbocycles. The number of ether oxygens (including phenoxy) is 2. The van der Waals surface area contributed by atoms with Crippen LogP contribution in [0, 0.1) is 5.92 Å². The summed E-state index contributed by atoms with van der Waals surface area (Å²) in [4.78, 5) is 31.0. The summed E-state index contributed by atoms with van der Waals surface area (Å²) in [6, 6.07) is 6.37. The average Bonchev–Trinajstić information content (AvgIpc) is 3.06. The van der Waals surface area contributed by atoms with Gasteiger partial charge in [0.1, 0.15) is 12.4 Å². The maximum Gasteiger partial charge on any atom is 0.409 e. The number of hydrogen-bond acceptors (Lipinski definition) is 5. The molecule has 0 atom stereocenters. The molecule has 182 valence electrons. The fourth-order valence-electron chi connectivity index (χ4n) is 5.28. The van der Waals surface area contributed by atoms with Crippen LogP contribution in [0.2, 0.25) is 0 Å². The molecule has 1 aliphatic carbocycles. The minimum atomic E-state index is -0.215. The molecule has 0 radical (unpaired) electrons. The Hall–Kier alpha value is -2.28. The molecule has 33 heavy (non-hydrogen) atoms. The Labute approximate surface area is 198 Å². The molecule has 0 unspecified atom stereocenters. The van der Waals surface area contributed by atoms with Gasteiger partial charge in [-0.05, 0) is 37.0 Å². The molecular formula is C26H39N3O4. The molecule has 0 spiro atoms. The number of amides is 2. The van der Waals surface area contributed by atoms with Gasteiger partial charge in [0.05, 0.1) is 13.2 Å². The summed E-state index contributed by atoms with van der Waals surface area (Å²) < 4.78 is 11.1. The zero-order valence-electron chi connectivity index (χ0n) is 20.1. The van der Waals surface area contributed by atoms with Crippen LogP contribution in [0.25, 0.3) is 0 Å². The van der Waals surface area contributed by atoms with Crippen LogP contribution >= 0.6 is 0 Å². The van der Waals surface area contributed by atoms with Crippen molar-refractivity contribution in [2.75, 3.05) is 45.9 Å². The van der Waals surface area contributed by atoms with Crippen molar-refractivity contribution in [2.24, 2.45) is 5.92 Å². The van der Waals surface area contributed by atoms with Crippen molar-refractivity contribution in [2.45, 2.75) is 65.0 Å². The first-order valence-corrected chi connectivity index (χ1v) is 12.8. The van der Waals surface area contributed by atoms with Crippen molar-refractivity contribution in [3.63, 3.8) is 0 Å². The summed E-state index contributed by atoms with van der Waals surface area (Å²) >= 11 is 0. The summed E-state index contributed by atoms with van der Waals surface area (Å²) in [5.74, 6) is 1.89. The van der Waals surface area contributed by atoms with Crippen molar-refractivity contribution in [3.05, 3.63) is 29.3 Å². The molecule has 2 aliphatic heterocycles. The third-order valence-corrected chi connectivity index (χ3v) is 7.25. The fourth-order valence-corrected chi connectivity index (χ4v) is 5.28. The predicted molar refractivity (Wildman–Crippen MR) is 127 cm³/mol. The Morgan fingerprint density at radius 2 is 1.82 bits per heavy atom. The van der Waals surface area contributed by atoms with E-state index in [4.69, 9.17) is 9.47 Å². The SMILES string of the molecule is CCOC(=O)N1CCN(Cc2ccc3c(c2)CN(C(=O)CCC2CCCCC2)CCO3)CC1. The molecule has 4 rings (SSSR count). The van der Waals surface area contributed by atoms with E-state index >= 15 is 0 Å². The normalized spacial score (nSPS) is 20.0. The quantitative estimate of drug-likeness (QED) is 0.645. The molecule has 7 nitrogen and oxygen atoms in total. The lowest BCUT2D eigenvalue weighted by molar-refractivity contribution is -0.132. The van der Waals surface area contributed by atoms with Gasteiger partial charge in [-0.1, -0.05) is 38.2 Å². The van der Waals surface area contributed by atoms with E-state index < -0.39 is 0 Å². The van der Waals surface area contributed by atoms with Crippen LogP contribution in [0.4, 0.5) is 4.79 Å².